The summed E-state index contributed by atoms with van der Waals surface area (Å²) in [7, 11) is 0. The molecule has 13 heteroatoms. The van der Waals surface area contributed by atoms with Crippen LogP contribution in [0.3, 0.4) is 0 Å². The number of esters is 1. The van der Waals surface area contributed by atoms with E-state index < -0.39 is 17.9 Å². The summed E-state index contributed by atoms with van der Waals surface area (Å²) in [5, 5.41) is 10.9. The lowest BCUT2D eigenvalue weighted by atomic mass is 9.95. The molecule has 0 bridgehead atoms. The predicted octanol–water partition coefficient (Wildman–Crippen LogP) is 5.60. The van der Waals surface area contributed by atoms with E-state index in [2.05, 4.69) is 21.2 Å². The molecule has 1 atom stereocenters. The van der Waals surface area contributed by atoms with Crippen molar-refractivity contribution in [3.8, 4) is 11.5 Å². The van der Waals surface area contributed by atoms with Crippen molar-refractivity contribution in [2.45, 2.75) is 26.5 Å². The lowest BCUT2D eigenvalue weighted by Crippen LogP contribution is -2.45. The van der Waals surface area contributed by atoms with Crippen LogP contribution < -0.4 is 25.5 Å². The maximum absolute atomic E-state index is 13.2. The van der Waals surface area contributed by atoms with Gasteiger partial charge in [-0.1, -0.05) is 53.5 Å². The second-order valence-electron chi connectivity index (χ2n) is 9.13. The fourth-order valence-electron chi connectivity index (χ4n) is 4.17. The summed E-state index contributed by atoms with van der Waals surface area (Å²) in [6.45, 7) is 3.39. The van der Waals surface area contributed by atoms with Gasteiger partial charge < -0.3 is 24.8 Å². The number of rotatable bonds is 11. The molecule has 3 aromatic carbocycles. The monoisotopic (exact) mass is 644 g/mol. The van der Waals surface area contributed by atoms with Gasteiger partial charge >= 0.3 is 5.97 Å². The minimum Gasteiger partial charge on any atom is -0.487 e. The minimum absolute atomic E-state index is 0.116. The first kappa shape index (κ1) is 31.7. The van der Waals surface area contributed by atoms with Gasteiger partial charge in [-0.2, -0.15) is 5.10 Å². The van der Waals surface area contributed by atoms with Crippen LogP contribution >= 0.6 is 35.4 Å². The van der Waals surface area contributed by atoms with Crippen LogP contribution in [0.25, 0.3) is 0 Å². The molecule has 0 aromatic heterocycles. The molecule has 0 spiro atoms. The molecule has 0 fully saturated rings. The van der Waals surface area contributed by atoms with Crippen molar-refractivity contribution < 1.29 is 28.2 Å². The van der Waals surface area contributed by atoms with E-state index in [0.29, 0.717) is 38.3 Å². The quantitative estimate of drug-likeness (QED) is 0.107. The Morgan fingerprint density at radius 2 is 1.86 bits per heavy atom. The van der Waals surface area contributed by atoms with E-state index >= 15 is 0 Å². The van der Waals surface area contributed by atoms with E-state index in [-0.39, 0.29) is 36.4 Å². The number of amides is 1. The van der Waals surface area contributed by atoms with Crippen molar-refractivity contribution >= 4 is 58.6 Å². The van der Waals surface area contributed by atoms with Gasteiger partial charge in [0.2, 0.25) is 0 Å². The Kier molecular flexibility index (Phi) is 10.9. The van der Waals surface area contributed by atoms with E-state index in [0.717, 1.165) is 5.56 Å². The highest BCUT2D eigenvalue weighted by atomic mass is 35.5. The van der Waals surface area contributed by atoms with Crippen molar-refractivity contribution in [3.05, 3.63) is 104 Å². The van der Waals surface area contributed by atoms with E-state index in [1.165, 1.54) is 24.4 Å². The molecule has 3 aromatic rings. The van der Waals surface area contributed by atoms with Crippen LogP contribution in [-0.4, -0.2) is 36.4 Å². The smallest absolute Gasteiger partial charge is 0.338 e. The SMILES string of the molecule is CCOC(=O)C1=C(C)NC(=S)N[C@@H]1c1ccccc1OCC(=O)NN=Cc1cc(Cl)cc(Cl)c1OCc1ccc(F)cc1. The first-order valence-electron chi connectivity index (χ1n) is 13.0. The number of nitrogens with zero attached hydrogens (tertiary/aromatic N) is 1. The number of nitrogens with one attached hydrogen (secondary N) is 3. The number of hydrogen-bond donors (Lipinski definition) is 3. The highest BCUT2D eigenvalue weighted by Crippen LogP contribution is 2.34. The van der Waals surface area contributed by atoms with Gasteiger partial charge in [0.15, 0.2) is 11.7 Å². The van der Waals surface area contributed by atoms with Crippen LogP contribution in [-0.2, 0) is 20.9 Å². The first-order chi connectivity index (χ1) is 20.7. The maximum Gasteiger partial charge on any atom is 0.338 e. The summed E-state index contributed by atoms with van der Waals surface area (Å²) in [5.74, 6) is -0.774. The van der Waals surface area contributed by atoms with Crippen molar-refractivity contribution in [1.29, 1.82) is 0 Å². The topological polar surface area (TPSA) is 110 Å². The third kappa shape index (κ3) is 8.44. The number of para-hydroxylation sites is 1. The third-order valence-electron chi connectivity index (χ3n) is 6.08. The number of carbonyl (C=O) groups excluding carboxylic acids is 2. The summed E-state index contributed by atoms with van der Waals surface area (Å²) < 4.78 is 30.1. The molecule has 1 aliphatic rings. The van der Waals surface area contributed by atoms with Crippen LogP contribution in [0.15, 0.2) is 77.0 Å². The van der Waals surface area contributed by atoms with Gasteiger partial charge in [0, 0.05) is 21.8 Å². The summed E-state index contributed by atoms with van der Waals surface area (Å²) in [6.07, 6.45) is 1.34. The Morgan fingerprint density at radius 1 is 1.12 bits per heavy atom. The van der Waals surface area contributed by atoms with Gasteiger partial charge in [0.1, 0.15) is 23.9 Å². The molecule has 0 saturated heterocycles. The van der Waals surface area contributed by atoms with Crippen LogP contribution in [0.4, 0.5) is 4.39 Å². The fraction of sp³-hybridized carbons (Fsp3) is 0.200. The molecule has 1 aliphatic heterocycles. The lowest BCUT2D eigenvalue weighted by Gasteiger charge is -2.30. The van der Waals surface area contributed by atoms with E-state index in [1.807, 2.05) is 0 Å². The molecular weight excluding hydrogens is 618 g/mol. The molecule has 1 amide bonds. The zero-order valence-electron chi connectivity index (χ0n) is 23.1. The average molecular weight is 646 g/mol. The van der Waals surface area contributed by atoms with Crippen LogP contribution in [0, 0.1) is 5.82 Å². The highest BCUT2D eigenvalue weighted by Gasteiger charge is 2.32. The van der Waals surface area contributed by atoms with Gasteiger partial charge in [0.05, 0.1) is 29.5 Å². The largest absolute Gasteiger partial charge is 0.487 e. The number of ether oxygens (including phenoxy) is 3. The Labute approximate surface area is 263 Å². The van der Waals surface area contributed by atoms with Gasteiger partial charge in [0.25, 0.3) is 5.91 Å². The van der Waals surface area contributed by atoms with Crippen molar-refractivity contribution in [2.75, 3.05) is 13.2 Å². The Bertz CT molecular complexity index is 1580. The van der Waals surface area contributed by atoms with Crippen LogP contribution in [0.1, 0.15) is 36.6 Å². The zero-order valence-corrected chi connectivity index (χ0v) is 25.4. The molecule has 3 N–H and O–H groups in total. The van der Waals surface area contributed by atoms with Crippen molar-refractivity contribution in [2.24, 2.45) is 5.10 Å². The number of allylic oxidation sites excluding steroid dienone is 1. The second kappa shape index (κ2) is 14.8. The fourth-order valence-corrected chi connectivity index (χ4v) is 5.01. The highest BCUT2D eigenvalue weighted by molar-refractivity contribution is 7.80. The molecule has 9 nitrogen and oxygen atoms in total. The Hall–Kier alpha value is -4.19. The number of benzene rings is 3. The lowest BCUT2D eigenvalue weighted by molar-refractivity contribution is -0.139. The molecule has 43 heavy (non-hydrogen) atoms. The molecular formula is C30H27Cl2FN4O5S. The second-order valence-corrected chi connectivity index (χ2v) is 10.4. The third-order valence-corrected chi connectivity index (χ3v) is 6.80. The molecule has 224 valence electrons. The Morgan fingerprint density at radius 3 is 2.60 bits per heavy atom. The van der Waals surface area contributed by atoms with Crippen molar-refractivity contribution in [1.82, 2.24) is 16.1 Å². The Balaban J connectivity index is 1.43. The van der Waals surface area contributed by atoms with E-state index in [9.17, 15) is 14.0 Å². The van der Waals surface area contributed by atoms with Crippen LogP contribution in [0.2, 0.25) is 10.0 Å². The number of hydrazone groups is 1. The van der Waals surface area contributed by atoms with Crippen LogP contribution in [0.5, 0.6) is 11.5 Å². The van der Waals surface area contributed by atoms with Gasteiger partial charge in [-0.25, -0.2) is 14.6 Å². The van der Waals surface area contributed by atoms with E-state index in [4.69, 9.17) is 49.6 Å². The summed E-state index contributed by atoms with van der Waals surface area (Å²) in [5.41, 5.74) is 5.01. The van der Waals surface area contributed by atoms with Gasteiger partial charge in [-0.05, 0) is 62.0 Å². The van der Waals surface area contributed by atoms with Gasteiger partial charge in [-0.3, -0.25) is 4.79 Å². The number of hydrogen-bond acceptors (Lipinski definition) is 7. The molecule has 0 radical (unpaired) electrons. The predicted molar refractivity (Wildman–Crippen MR) is 166 cm³/mol. The zero-order chi connectivity index (χ0) is 30.9. The molecule has 0 saturated carbocycles. The summed E-state index contributed by atoms with van der Waals surface area (Å²) >= 11 is 17.8. The van der Waals surface area contributed by atoms with Gasteiger partial charge in [-0.15, -0.1) is 0 Å². The van der Waals surface area contributed by atoms with E-state index in [1.54, 1.807) is 56.3 Å². The molecule has 0 aliphatic carbocycles. The summed E-state index contributed by atoms with van der Waals surface area (Å²) in [4.78, 5) is 25.4. The first-order valence-corrected chi connectivity index (χ1v) is 14.2. The number of carbonyl (C=O) groups is 2. The normalized spacial score (nSPS) is 14.6. The minimum atomic E-state index is -0.661. The molecule has 0 unspecified atom stereocenters. The number of thiocarbonyl (C=S) groups is 1. The number of halogens is 3. The maximum atomic E-state index is 13.2. The molecule has 1 heterocycles. The standard InChI is InChI=1S/C30H27Cl2FN4O5S/c1-3-40-29(39)26-17(2)35-30(43)36-27(26)22-6-4-5-7-24(22)41-16-25(38)37-34-14-19-12-20(31)13-23(32)28(19)42-15-18-8-10-21(33)11-9-18/h4-14,27H,3,15-16H2,1-2H3,(H,37,38)(H2,35,36,43)/t27-/m1/s1. The average Bonchev–Trinajstić information content (AvgIpc) is 2.96. The summed E-state index contributed by atoms with van der Waals surface area (Å²) in [6, 6.07) is 15.2. The molecule has 4 rings (SSSR count). The van der Waals surface area contributed by atoms with Crippen molar-refractivity contribution in [3.63, 3.8) is 0 Å².